The third kappa shape index (κ3) is 4.57. The van der Waals surface area contributed by atoms with Gasteiger partial charge in [0.2, 0.25) is 5.91 Å². The Balaban J connectivity index is 1.84. The summed E-state index contributed by atoms with van der Waals surface area (Å²) in [5.41, 5.74) is 1.95. The average molecular weight is 407 g/mol. The number of amides is 1. The van der Waals surface area contributed by atoms with Gasteiger partial charge in [0, 0.05) is 29.3 Å². The molecule has 0 aliphatic heterocycles. The van der Waals surface area contributed by atoms with Crippen molar-refractivity contribution in [1.29, 1.82) is 0 Å². The van der Waals surface area contributed by atoms with E-state index in [-0.39, 0.29) is 24.5 Å². The number of aryl methyl sites for hydroxylation is 1. The highest BCUT2D eigenvalue weighted by atomic mass is 16.5. The van der Waals surface area contributed by atoms with Crippen LogP contribution in [0.25, 0.3) is 11.5 Å². The predicted molar refractivity (Wildman–Crippen MR) is 110 cm³/mol. The summed E-state index contributed by atoms with van der Waals surface area (Å²) >= 11 is 0. The van der Waals surface area contributed by atoms with Gasteiger partial charge < -0.3 is 10.1 Å². The van der Waals surface area contributed by atoms with Crippen LogP contribution in [-0.4, -0.2) is 38.0 Å². The molecule has 3 rings (SSSR count). The number of carbonyl (C=O) groups excluding carboxylic acids is 2. The van der Waals surface area contributed by atoms with Crippen LogP contribution in [0.5, 0.6) is 0 Å². The molecule has 1 amide bonds. The number of anilines is 1. The van der Waals surface area contributed by atoms with Gasteiger partial charge in [0.25, 0.3) is 5.56 Å². The zero-order valence-corrected chi connectivity index (χ0v) is 16.9. The van der Waals surface area contributed by atoms with Gasteiger partial charge in [-0.2, -0.15) is 0 Å². The van der Waals surface area contributed by atoms with Crippen LogP contribution in [0, 0.1) is 13.8 Å². The fourth-order valence-electron chi connectivity index (χ4n) is 2.76. The standard InChI is InChI=1S/C21H21N5O4/c1-4-30-21(29)15-5-7-16(8-6-15)25-18(27)12-26-19(17-11-22-9-10-23-17)24-14(3)13(2)20(26)28/h5-11H,4,12H2,1-3H3,(H,25,27). The second-order valence-electron chi connectivity index (χ2n) is 6.47. The van der Waals surface area contributed by atoms with E-state index in [1.807, 2.05) is 0 Å². The van der Waals surface area contributed by atoms with Crippen molar-refractivity contribution in [3.05, 3.63) is 70.0 Å². The van der Waals surface area contributed by atoms with Crippen LogP contribution < -0.4 is 10.9 Å². The summed E-state index contributed by atoms with van der Waals surface area (Å²) in [6.07, 6.45) is 4.49. The number of nitrogens with one attached hydrogen (secondary N) is 1. The number of ether oxygens (including phenoxy) is 1. The average Bonchev–Trinajstić information content (AvgIpc) is 2.75. The number of rotatable bonds is 6. The van der Waals surface area contributed by atoms with Crippen molar-refractivity contribution in [3.63, 3.8) is 0 Å². The first-order chi connectivity index (χ1) is 14.4. The van der Waals surface area contributed by atoms with E-state index >= 15 is 0 Å². The van der Waals surface area contributed by atoms with Crippen molar-refractivity contribution in [3.8, 4) is 11.5 Å². The number of carbonyl (C=O) groups is 2. The van der Waals surface area contributed by atoms with Crippen LogP contribution in [0.15, 0.2) is 47.7 Å². The molecule has 3 aromatic rings. The van der Waals surface area contributed by atoms with Gasteiger partial charge in [-0.1, -0.05) is 0 Å². The lowest BCUT2D eigenvalue weighted by molar-refractivity contribution is -0.116. The van der Waals surface area contributed by atoms with Gasteiger partial charge in [0.15, 0.2) is 5.82 Å². The summed E-state index contributed by atoms with van der Waals surface area (Å²) < 4.78 is 6.21. The Labute approximate surface area is 172 Å². The van der Waals surface area contributed by atoms with E-state index in [1.54, 1.807) is 45.0 Å². The highest BCUT2D eigenvalue weighted by Gasteiger charge is 2.17. The van der Waals surface area contributed by atoms with Gasteiger partial charge in [-0.15, -0.1) is 0 Å². The number of hydrogen-bond donors (Lipinski definition) is 1. The summed E-state index contributed by atoms with van der Waals surface area (Å²) in [7, 11) is 0. The van der Waals surface area contributed by atoms with E-state index < -0.39 is 11.9 Å². The van der Waals surface area contributed by atoms with E-state index in [9.17, 15) is 14.4 Å². The maximum atomic E-state index is 12.8. The third-order valence-electron chi connectivity index (χ3n) is 4.41. The normalized spacial score (nSPS) is 10.5. The zero-order chi connectivity index (χ0) is 21.7. The molecule has 154 valence electrons. The van der Waals surface area contributed by atoms with Gasteiger partial charge in [-0.05, 0) is 45.0 Å². The maximum absolute atomic E-state index is 12.8. The van der Waals surface area contributed by atoms with Crippen LogP contribution in [0.2, 0.25) is 0 Å². The molecule has 2 aromatic heterocycles. The maximum Gasteiger partial charge on any atom is 0.338 e. The van der Waals surface area contributed by atoms with Gasteiger partial charge in [-0.3, -0.25) is 19.1 Å². The second-order valence-corrected chi connectivity index (χ2v) is 6.47. The van der Waals surface area contributed by atoms with Crippen LogP contribution in [0.3, 0.4) is 0 Å². The fraction of sp³-hybridized carbons (Fsp3) is 0.238. The van der Waals surface area contributed by atoms with E-state index in [2.05, 4.69) is 20.3 Å². The molecule has 0 radical (unpaired) electrons. The quantitative estimate of drug-likeness (QED) is 0.622. The molecule has 9 heteroatoms. The Kier molecular flexibility index (Phi) is 6.31. The van der Waals surface area contributed by atoms with E-state index in [4.69, 9.17) is 4.74 Å². The summed E-state index contributed by atoms with van der Waals surface area (Å²) in [5, 5.41) is 2.71. The first-order valence-electron chi connectivity index (χ1n) is 9.32. The number of benzene rings is 1. The monoisotopic (exact) mass is 407 g/mol. The van der Waals surface area contributed by atoms with Crippen LogP contribution in [0.4, 0.5) is 5.69 Å². The number of nitrogens with zero attached hydrogens (tertiary/aromatic N) is 4. The Hall–Kier alpha value is -3.88. The predicted octanol–water partition coefficient (Wildman–Crippen LogP) is 2.13. The lowest BCUT2D eigenvalue weighted by atomic mass is 10.2. The minimum atomic E-state index is -0.434. The first-order valence-corrected chi connectivity index (χ1v) is 9.32. The fourth-order valence-corrected chi connectivity index (χ4v) is 2.76. The first kappa shape index (κ1) is 20.8. The summed E-state index contributed by atoms with van der Waals surface area (Å²) in [6.45, 7) is 5.15. The topological polar surface area (TPSA) is 116 Å². The summed E-state index contributed by atoms with van der Waals surface area (Å²) in [4.78, 5) is 49.8. The van der Waals surface area contributed by atoms with E-state index in [0.717, 1.165) is 0 Å². The molecule has 0 aliphatic carbocycles. The minimum Gasteiger partial charge on any atom is -0.462 e. The molecule has 30 heavy (non-hydrogen) atoms. The van der Waals surface area contributed by atoms with Gasteiger partial charge in [0.1, 0.15) is 12.2 Å². The molecule has 0 aliphatic rings. The molecule has 0 unspecified atom stereocenters. The lowest BCUT2D eigenvalue weighted by Gasteiger charge is -2.14. The molecular weight excluding hydrogens is 386 g/mol. The Morgan fingerprint density at radius 3 is 2.50 bits per heavy atom. The largest absolute Gasteiger partial charge is 0.462 e. The molecular formula is C21H21N5O4. The molecule has 0 saturated carbocycles. The van der Waals surface area contributed by atoms with Gasteiger partial charge in [0.05, 0.1) is 18.4 Å². The molecule has 1 N–H and O–H groups in total. The summed E-state index contributed by atoms with van der Waals surface area (Å²) in [6, 6.07) is 6.30. The second kappa shape index (κ2) is 9.08. The van der Waals surface area contributed by atoms with E-state index in [0.29, 0.717) is 28.2 Å². The molecule has 2 heterocycles. The van der Waals surface area contributed by atoms with E-state index in [1.165, 1.54) is 23.2 Å². The minimum absolute atomic E-state index is 0.251. The van der Waals surface area contributed by atoms with Gasteiger partial charge in [-0.25, -0.2) is 14.8 Å². The van der Waals surface area contributed by atoms with Crippen molar-refractivity contribution in [1.82, 2.24) is 19.5 Å². The Bertz CT molecular complexity index is 1120. The molecule has 0 saturated heterocycles. The van der Waals surface area contributed by atoms with Gasteiger partial charge >= 0.3 is 5.97 Å². The Morgan fingerprint density at radius 2 is 1.87 bits per heavy atom. The zero-order valence-electron chi connectivity index (χ0n) is 16.9. The molecule has 1 aromatic carbocycles. The highest BCUT2D eigenvalue weighted by Crippen LogP contribution is 2.15. The molecule has 0 bridgehead atoms. The molecule has 9 nitrogen and oxygen atoms in total. The number of hydrogen-bond acceptors (Lipinski definition) is 7. The van der Waals surface area contributed by atoms with Crippen molar-refractivity contribution in [2.45, 2.75) is 27.3 Å². The van der Waals surface area contributed by atoms with Crippen molar-refractivity contribution < 1.29 is 14.3 Å². The van der Waals surface area contributed by atoms with Crippen molar-refractivity contribution >= 4 is 17.6 Å². The summed E-state index contributed by atoms with van der Waals surface area (Å²) in [5.74, 6) is -0.586. The van der Waals surface area contributed by atoms with Crippen LogP contribution in [0.1, 0.15) is 28.5 Å². The highest BCUT2D eigenvalue weighted by molar-refractivity contribution is 5.93. The molecule has 0 fully saturated rings. The van der Waals surface area contributed by atoms with Crippen molar-refractivity contribution in [2.75, 3.05) is 11.9 Å². The Morgan fingerprint density at radius 1 is 1.13 bits per heavy atom. The SMILES string of the molecule is CCOC(=O)c1ccc(NC(=O)Cn2c(-c3cnccn3)nc(C)c(C)c2=O)cc1. The van der Waals surface area contributed by atoms with Crippen LogP contribution in [-0.2, 0) is 16.1 Å². The molecule has 0 spiro atoms. The smallest absolute Gasteiger partial charge is 0.338 e. The van der Waals surface area contributed by atoms with Crippen molar-refractivity contribution in [2.24, 2.45) is 0 Å². The number of aromatic nitrogens is 4. The molecule has 0 atom stereocenters. The number of esters is 1. The lowest BCUT2D eigenvalue weighted by Crippen LogP contribution is -2.32. The van der Waals surface area contributed by atoms with Crippen LogP contribution >= 0.6 is 0 Å². The third-order valence-corrected chi connectivity index (χ3v) is 4.41.